The molecule has 0 fully saturated rings. The molecule has 9 rings (SSSR count). The predicted molar refractivity (Wildman–Crippen MR) is 198 cm³/mol. The molecule has 232 valence electrons. The van der Waals surface area contributed by atoms with E-state index in [0.717, 1.165) is 66.4 Å². The zero-order valence-corrected chi connectivity index (χ0v) is 26.4. The Bertz CT molecular complexity index is 2630. The van der Waals surface area contributed by atoms with E-state index in [9.17, 15) is 5.11 Å². The smallest absolute Gasteiger partial charge is 0.227 e. The van der Waals surface area contributed by atoms with Crippen molar-refractivity contribution in [1.82, 2.24) is 14.5 Å². The number of hydrogen-bond donors (Lipinski definition) is 1. The topological polar surface area (TPSA) is 60.2 Å². The van der Waals surface area contributed by atoms with Gasteiger partial charge in [0, 0.05) is 39.5 Å². The maximum Gasteiger partial charge on any atom is 0.227 e. The summed E-state index contributed by atoms with van der Waals surface area (Å²) in [5, 5.41) is 14.6. The standard InChI is InChI=1S/C44H29N3O2/c48-43-35(30-14-6-2-7-15-30)22-20-33-26-38(31-16-8-3-9-17-31)44(46-42(33)43)49-34-21-23-37-36-18-10-11-19-39(36)47(40(37)28-34)41-27-32(24-25-45-41)29-12-4-1-5-13-29/h1-28,48H. The summed E-state index contributed by atoms with van der Waals surface area (Å²) >= 11 is 0. The highest BCUT2D eigenvalue weighted by Gasteiger charge is 2.19. The zero-order chi connectivity index (χ0) is 32.7. The molecule has 0 bridgehead atoms. The summed E-state index contributed by atoms with van der Waals surface area (Å²) in [6.07, 6.45) is 1.86. The normalized spacial score (nSPS) is 11.3. The molecule has 0 aliphatic rings. The Kier molecular flexibility index (Phi) is 6.87. The number of hydrogen-bond acceptors (Lipinski definition) is 4. The van der Waals surface area contributed by atoms with Gasteiger partial charge in [-0.05, 0) is 64.7 Å². The van der Waals surface area contributed by atoms with Gasteiger partial charge >= 0.3 is 0 Å². The first-order chi connectivity index (χ1) is 24.2. The molecular formula is C44H29N3O2. The van der Waals surface area contributed by atoms with Crippen molar-refractivity contribution in [3.63, 3.8) is 0 Å². The number of aromatic hydroxyl groups is 1. The molecule has 0 aliphatic heterocycles. The monoisotopic (exact) mass is 631 g/mol. The van der Waals surface area contributed by atoms with Gasteiger partial charge in [-0.1, -0.05) is 115 Å². The average molecular weight is 632 g/mol. The van der Waals surface area contributed by atoms with Gasteiger partial charge in [0.25, 0.3) is 0 Å². The lowest BCUT2D eigenvalue weighted by Crippen LogP contribution is -1.98. The fourth-order valence-electron chi connectivity index (χ4n) is 6.68. The van der Waals surface area contributed by atoms with Gasteiger partial charge in [0.05, 0.1) is 11.0 Å². The number of rotatable bonds is 6. The Balaban J connectivity index is 1.22. The van der Waals surface area contributed by atoms with Gasteiger partial charge in [-0.25, -0.2) is 9.97 Å². The van der Waals surface area contributed by atoms with Crippen molar-refractivity contribution in [3.8, 4) is 56.6 Å². The van der Waals surface area contributed by atoms with Crippen LogP contribution in [0.4, 0.5) is 0 Å². The van der Waals surface area contributed by atoms with E-state index in [-0.39, 0.29) is 5.75 Å². The summed E-state index contributed by atoms with van der Waals surface area (Å²) in [6, 6.07) is 54.9. The Morgan fingerprint density at radius 1 is 0.510 bits per heavy atom. The summed E-state index contributed by atoms with van der Waals surface area (Å²) in [7, 11) is 0. The molecule has 0 amide bonds. The summed E-state index contributed by atoms with van der Waals surface area (Å²) in [4.78, 5) is 9.82. The second-order valence-corrected chi connectivity index (χ2v) is 12.0. The Morgan fingerprint density at radius 3 is 1.92 bits per heavy atom. The number of benzene rings is 6. The third kappa shape index (κ3) is 5.05. The number of pyridine rings is 2. The van der Waals surface area contributed by atoms with E-state index in [1.165, 1.54) is 0 Å². The van der Waals surface area contributed by atoms with Crippen molar-refractivity contribution in [1.29, 1.82) is 0 Å². The van der Waals surface area contributed by atoms with E-state index >= 15 is 0 Å². The summed E-state index contributed by atoms with van der Waals surface area (Å²) in [5.41, 5.74) is 8.16. The highest BCUT2D eigenvalue weighted by atomic mass is 16.5. The molecular weight excluding hydrogens is 603 g/mol. The first-order valence-corrected chi connectivity index (χ1v) is 16.2. The first kappa shape index (κ1) is 28.5. The molecule has 5 nitrogen and oxygen atoms in total. The Hall–Kier alpha value is -6.72. The molecule has 1 N–H and O–H groups in total. The second kappa shape index (κ2) is 11.8. The third-order valence-electron chi connectivity index (χ3n) is 9.04. The second-order valence-electron chi connectivity index (χ2n) is 12.0. The van der Waals surface area contributed by atoms with Crippen LogP contribution in [0.25, 0.3) is 71.9 Å². The predicted octanol–water partition coefficient (Wildman–Crippen LogP) is 11.2. The molecule has 0 atom stereocenters. The van der Waals surface area contributed by atoms with Crippen LogP contribution in [0.2, 0.25) is 0 Å². The van der Waals surface area contributed by atoms with Crippen LogP contribution in [0.5, 0.6) is 17.4 Å². The Labute approximate surface area is 283 Å². The summed E-state index contributed by atoms with van der Waals surface area (Å²) < 4.78 is 8.89. The van der Waals surface area contributed by atoms with Crippen LogP contribution < -0.4 is 4.74 Å². The fourth-order valence-corrected chi connectivity index (χ4v) is 6.68. The van der Waals surface area contributed by atoms with Gasteiger partial charge in [-0.2, -0.15) is 0 Å². The molecule has 6 aromatic carbocycles. The third-order valence-corrected chi connectivity index (χ3v) is 9.04. The lowest BCUT2D eigenvalue weighted by molar-refractivity contribution is 0.462. The number of ether oxygens (including phenoxy) is 1. The van der Waals surface area contributed by atoms with Crippen LogP contribution >= 0.6 is 0 Å². The maximum absolute atomic E-state index is 11.5. The van der Waals surface area contributed by atoms with Crippen LogP contribution in [0.1, 0.15) is 0 Å². The van der Waals surface area contributed by atoms with Crippen LogP contribution in [-0.4, -0.2) is 19.6 Å². The minimum Gasteiger partial charge on any atom is -0.505 e. The van der Waals surface area contributed by atoms with Gasteiger partial charge in [0.2, 0.25) is 5.88 Å². The molecule has 0 saturated carbocycles. The molecule has 0 unspecified atom stereocenters. The minimum atomic E-state index is 0.119. The SMILES string of the molecule is Oc1c(-c2ccccc2)ccc2cc(-c3ccccc3)c(Oc3ccc4c5ccccc5n(-c5cc(-c6ccccc6)ccn5)c4c3)nc12. The van der Waals surface area contributed by atoms with E-state index in [4.69, 9.17) is 14.7 Å². The number of phenolic OH excluding ortho intramolecular Hbond substituents is 1. The molecule has 0 aliphatic carbocycles. The number of nitrogens with zero attached hydrogens (tertiary/aromatic N) is 3. The lowest BCUT2D eigenvalue weighted by atomic mass is 10.00. The fraction of sp³-hybridized carbons (Fsp3) is 0. The lowest BCUT2D eigenvalue weighted by Gasteiger charge is -2.15. The van der Waals surface area contributed by atoms with Crippen LogP contribution in [-0.2, 0) is 0 Å². The van der Waals surface area contributed by atoms with Gasteiger partial charge in [0.15, 0.2) is 0 Å². The van der Waals surface area contributed by atoms with Gasteiger partial charge in [-0.15, -0.1) is 0 Å². The number of phenols is 1. The molecule has 0 saturated heterocycles. The molecule has 0 spiro atoms. The highest BCUT2D eigenvalue weighted by molar-refractivity contribution is 6.09. The molecule has 49 heavy (non-hydrogen) atoms. The molecule has 5 heteroatoms. The number of aromatic nitrogens is 3. The van der Waals surface area contributed by atoms with Gasteiger partial charge in [0.1, 0.15) is 22.8 Å². The van der Waals surface area contributed by atoms with Crippen molar-refractivity contribution in [2.45, 2.75) is 0 Å². The van der Waals surface area contributed by atoms with Crippen molar-refractivity contribution in [3.05, 3.63) is 170 Å². The van der Waals surface area contributed by atoms with Crippen LogP contribution in [0, 0.1) is 0 Å². The van der Waals surface area contributed by atoms with Gasteiger partial charge in [-0.3, -0.25) is 4.57 Å². The summed E-state index contributed by atoms with van der Waals surface area (Å²) in [5.74, 6) is 1.97. The van der Waals surface area contributed by atoms with Crippen LogP contribution in [0.15, 0.2) is 170 Å². The average Bonchev–Trinajstić information content (AvgIpc) is 3.50. The zero-order valence-electron chi connectivity index (χ0n) is 26.4. The maximum atomic E-state index is 11.5. The molecule has 3 aromatic heterocycles. The first-order valence-electron chi connectivity index (χ1n) is 16.2. The highest BCUT2D eigenvalue weighted by Crippen LogP contribution is 2.42. The van der Waals surface area contributed by atoms with E-state index in [1.807, 2.05) is 121 Å². The van der Waals surface area contributed by atoms with Crippen molar-refractivity contribution in [2.24, 2.45) is 0 Å². The van der Waals surface area contributed by atoms with Crippen molar-refractivity contribution >= 4 is 32.7 Å². The van der Waals surface area contributed by atoms with E-state index in [0.29, 0.717) is 17.1 Å². The molecule has 0 radical (unpaired) electrons. The minimum absolute atomic E-state index is 0.119. The molecule has 3 heterocycles. The quantitative estimate of drug-likeness (QED) is 0.198. The van der Waals surface area contributed by atoms with Crippen LogP contribution in [0.3, 0.4) is 0 Å². The van der Waals surface area contributed by atoms with Crippen molar-refractivity contribution < 1.29 is 9.84 Å². The number of fused-ring (bicyclic) bond motifs is 4. The molecule has 9 aromatic rings. The number of para-hydroxylation sites is 1. The Morgan fingerprint density at radius 2 is 1.16 bits per heavy atom. The van der Waals surface area contributed by atoms with E-state index in [1.54, 1.807) is 0 Å². The van der Waals surface area contributed by atoms with E-state index in [2.05, 4.69) is 53.1 Å². The van der Waals surface area contributed by atoms with Crippen molar-refractivity contribution in [2.75, 3.05) is 0 Å². The van der Waals surface area contributed by atoms with Gasteiger partial charge < -0.3 is 9.84 Å². The largest absolute Gasteiger partial charge is 0.505 e. The summed E-state index contributed by atoms with van der Waals surface area (Å²) in [6.45, 7) is 0. The van der Waals surface area contributed by atoms with E-state index < -0.39 is 0 Å².